The van der Waals surface area contributed by atoms with Crippen LogP contribution in [0, 0.1) is 0 Å². The molecule has 0 atom stereocenters. The number of esters is 1. The highest BCUT2D eigenvalue weighted by Gasteiger charge is 2.25. The summed E-state index contributed by atoms with van der Waals surface area (Å²) in [6.07, 6.45) is 1.09. The van der Waals surface area contributed by atoms with Gasteiger partial charge in [0.05, 0.1) is 5.02 Å². The Bertz CT molecular complexity index is 459. The molecule has 0 bridgehead atoms. The molecule has 92 valence electrons. The fourth-order valence-electron chi connectivity index (χ4n) is 1.47. The van der Waals surface area contributed by atoms with Crippen LogP contribution in [0.15, 0.2) is 24.8 Å². The summed E-state index contributed by atoms with van der Waals surface area (Å²) in [5, 5.41) is 0.878. The molecule has 0 saturated heterocycles. The van der Waals surface area contributed by atoms with Crippen LogP contribution >= 0.6 is 23.2 Å². The number of rotatable bonds is 2. The normalized spacial score (nSPS) is 11.1. The van der Waals surface area contributed by atoms with E-state index in [4.69, 9.17) is 27.9 Å². The molecule has 0 aliphatic carbocycles. The Hall–Kier alpha value is -0.990. The Morgan fingerprint density at radius 1 is 1.29 bits per heavy atom. The van der Waals surface area contributed by atoms with Crippen LogP contribution in [-0.4, -0.2) is 5.97 Å². The van der Waals surface area contributed by atoms with Gasteiger partial charge in [-0.1, -0.05) is 50.6 Å². The Balaban J connectivity index is 3.40. The van der Waals surface area contributed by atoms with Gasteiger partial charge in [-0.25, -0.2) is 4.79 Å². The minimum atomic E-state index is -0.556. The van der Waals surface area contributed by atoms with E-state index in [1.807, 2.05) is 20.8 Å². The zero-order chi connectivity index (χ0) is 13.2. The molecule has 0 amide bonds. The SMILES string of the molecule is C=CC(=O)Oc1c(Cl)ccc(Cl)c1C(C)(C)C. The minimum Gasteiger partial charge on any atom is -0.421 e. The van der Waals surface area contributed by atoms with Gasteiger partial charge in [-0.05, 0) is 17.5 Å². The van der Waals surface area contributed by atoms with E-state index in [0.717, 1.165) is 6.08 Å². The third kappa shape index (κ3) is 3.24. The molecule has 0 unspecified atom stereocenters. The van der Waals surface area contributed by atoms with E-state index in [-0.39, 0.29) is 5.41 Å². The molecular weight excluding hydrogens is 259 g/mol. The van der Waals surface area contributed by atoms with Crippen molar-refractivity contribution >= 4 is 29.2 Å². The maximum Gasteiger partial charge on any atom is 0.335 e. The Labute approximate surface area is 111 Å². The first-order chi connectivity index (χ1) is 7.77. The Morgan fingerprint density at radius 3 is 2.29 bits per heavy atom. The standard InChI is InChI=1S/C13H14Cl2O2/c1-5-10(16)17-12-9(15)7-6-8(14)11(12)13(2,3)4/h5-7H,1H2,2-4H3. The van der Waals surface area contributed by atoms with E-state index in [9.17, 15) is 4.79 Å². The van der Waals surface area contributed by atoms with Crippen molar-refractivity contribution in [3.05, 3.63) is 40.4 Å². The first kappa shape index (κ1) is 14.1. The van der Waals surface area contributed by atoms with Crippen molar-refractivity contribution < 1.29 is 9.53 Å². The predicted octanol–water partition coefficient (Wildman–Crippen LogP) is 4.38. The highest BCUT2D eigenvalue weighted by molar-refractivity contribution is 6.35. The van der Waals surface area contributed by atoms with Gasteiger partial charge in [-0.3, -0.25) is 0 Å². The van der Waals surface area contributed by atoms with Crippen molar-refractivity contribution in [2.75, 3.05) is 0 Å². The molecule has 1 rings (SSSR count). The molecule has 2 nitrogen and oxygen atoms in total. The highest BCUT2D eigenvalue weighted by atomic mass is 35.5. The average molecular weight is 273 g/mol. The zero-order valence-electron chi connectivity index (χ0n) is 10.0. The first-order valence-corrected chi connectivity index (χ1v) is 5.85. The van der Waals surface area contributed by atoms with Crippen LogP contribution in [0.5, 0.6) is 5.75 Å². The highest BCUT2D eigenvalue weighted by Crippen LogP contribution is 2.41. The van der Waals surface area contributed by atoms with Crippen LogP contribution in [0.2, 0.25) is 10.0 Å². The van der Waals surface area contributed by atoms with Crippen molar-refractivity contribution in [2.24, 2.45) is 0 Å². The maximum atomic E-state index is 11.3. The van der Waals surface area contributed by atoms with Crippen LogP contribution in [0.3, 0.4) is 0 Å². The van der Waals surface area contributed by atoms with Crippen LogP contribution in [0.1, 0.15) is 26.3 Å². The number of carbonyl (C=O) groups excluding carboxylic acids is 1. The van der Waals surface area contributed by atoms with Gasteiger partial charge in [-0.2, -0.15) is 0 Å². The van der Waals surface area contributed by atoms with Gasteiger partial charge in [0, 0.05) is 16.7 Å². The van der Waals surface area contributed by atoms with Gasteiger partial charge >= 0.3 is 5.97 Å². The van der Waals surface area contributed by atoms with Gasteiger partial charge in [0.1, 0.15) is 0 Å². The number of hydrogen-bond donors (Lipinski definition) is 0. The van der Waals surface area contributed by atoms with Gasteiger partial charge in [-0.15, -0.1) is 0 Å². The number of benzene rings is 1. The lowest BCUT2D eigenvalue weighted by Gasteiger charge is -2.24. The smallest absolute Gasteiger partial charge is 0.335 e. The molecule has 0 aromatic heterocycles. The minimum absolute atomic E-state index is 0.279. The maximum absolute atomic E-state index is 11.3. The number of carbonyl (C=O) groups is 1. The Kier molecular flexibility index (Phi) is 4.23. The monoisotopic (exact) mass is 272 g/mol. The summed E-state index contributed by atoms with van der Waals surface area (Å²) in [7, 11) is 0. The second-order valence-electron chi connectivity index (χ2n) is 4.61. The van der Waals surface area contributed by atoms with Gasteiger partial charge < -0.3 is 4.74 Å². The lowest BCUT2D eigenvalue weighted by atomic mass is 9.86. The van der Waals surface area contributed by atoms with E-state index in [1.54, 1.807) is 12.1 Å². The molecule has 17 heavy (non-hydrogen) atoms. The molecule has 0 spiro atoms. The fraction of sp³-hybridized carbons (Fsp3) is 0.308. The zero-order valence-corrected chi connectivity index (χ0v) is 11.5. The summed E-state index contributed by atoms with van der Waals surface area (Å²) in [5.74, 6) is -0.253. The Morgan fingerprint density at radius 2 is 1.82 bits per heavy atom. The van der Waals surface area contributed by atoms with Gasteiger partial charge in [0.25, 0.3) is 0 Å². The topological polar surface area (TPSA) is 26.3 Å². The molecule has 4 heteroatoms. The fourth-order valence-corrected chi connectivity index (χ4v) is 2.10. The quantitative estimate of drug-likeness (QED) is 0.454. The third-order valence-electron chi connectivity index (χ3n) is 2.18. The second-order valence-corrected chi connectivity index (χ2v) is 5.42. The molecule has 1 aromatic rings. The summed E-state index contributed by atoms with van der Waals surface area (Å²) in [6, 6.07) is 3.29. The van der Waals surface area contributed by atoms with Crippen molar-refractivity contribution in [1.29, 1.82) is 0 Å². The summed E-state index contributed by atoms with van der Waals surface area (Å²) in [4.78, 5) is 11.3. The molecule has 0 fully saturated rings. The van der Waals surface area contributed by atoms with Gasteiger partial charge in [0.2, 0.25) is 0 Å². The molecule has 0 saturated carbocycles. The van der Waals surface area contributed by atoms with E-state index >= 15 is 0 Å². The van der Waals surface area contributed by atoms with Crippen LogP contribution < -0.4 is 4.74 Å². The summed E-state index contributed by atoms with van der Waals surface area (Å²) in [5.41, 5.74) is 0.431. The predicted molar refractivity (Wildman–Crippen MR) is 71.0 cm³/mol. The number of ether oxygens (including phenoxy) is 1. The van der Waals surface area contributed by atoms with E-state index in [2.05, 4.69) is 6.58 Å². The van der Waals surface area contributed by atoms with Crippen LogP contribution in [-0.2, 0) is 10.2 Å². The van der Waals surface area contributed by atoms with E-state index in [0.29, 0.717) is 21.4 Å². The van der Waals surface area contributed by atoms with Crippen molar-refractivity contribution in [1.82, 2.24) is 0 Å². The van der Waals surface area contributed by atoms with Crippen LogP contribution in [0.4, 0.5) is 0 Å². The lowest BCUT2D eigenvalue weighted by Crippen LogP contribution is -2.16. The summed E-state index contributed by atoms with van der Waals surface area (Å²) in [6.45, 7) is 9.25. The molecule has 0 aliphatic heterocycles. The second kappa shape index (κ2) is 5.11. The van der Waals surface area contributed by atoms with Crippen molar-refractivity contribution in [3.63, 3.8) is 0 Å². The molecule has 0 N–H and O–H groups in total. The molecule has 0 radical (unpaired) electrons. The first-order valence-electron chi connectivity index (χ1n) is 5.10. The largest absolute Gasteiger partial charge is 0.421 e. The lowest BCUT2D eigenvalue weighted by molar-refractivity contribution is -0.129. The number of halogens is 2. The van der Waals surface area contributed by atoms with Crippen LogP contribution in [0.25, 0.3) is 0 Å². The summed E-state index contributed by atoms with van der Waals surface area (Å²) < 4.78 is 5.16. The molecular formula is C13H14Cl2O2. The van der Waals surface area contributed by atoms with Crippen molar-refractivity contribution in [3.8, 4) is 5.75 Å². The molecule has 0 heterocycles. The van der Waals surface area contributed by atoms with Crippen molar-refractivity contribution in [2.45, 2.75) is 26.2 Å². The van der Waals surface area contributed by atoms with Gasteiger partial charge in [0.15, 0.2) is 5.75 Å². The number of hydrogen-bond acceptors (Lipinski definition) is 2. The summed E-state index contributed by atoms with van der Waals surface area (Å²) >= 11 is 12.2. The third-order valence-corrected chi connectivity index (χ3v) is 2.79. The van der Waals surface area contributed by atoms with E-state index < -0.39 is 5.97 Å². The molecule has 0 aliphatic rings. The molecule has 1 aromatic carbocycles. The van der Waals surface area contributed by atoms with E-state index in [1.165, 1.54) is 0 Å². The average Bonchev–Trinajstić information content (AvgIpc) is 2.21.